The highest BCUT2D eigenvalue weighted by atomic mass is 35.5. The minimum Gasteiger partial charge on any atom is -0.384 e. The van der Waals surface area contributed by atoms with Gasteiger partial charge in [-0.15, -0.1) is 0 Å². The highest BCUT2D eigenvalue weighted by Gasteiger charge is 2.09. The van der Waals surface area contributed by atoms with Crippen molar-refractivity contribution in [2.45, 2.75) is 25.5 Å². The third kappa shape index (κ3) is 5.90. The number of rotatable bonds is 4. The van der Waals surface area contributed by atoms with Crippen molar-refractivity contribution in [1.82, 2.24) is 4.98 Å². The summed E-state index contributed by atoms with van der Waals surface area (Å²) in [7, 11) is 0. The van der Waals surface area contributed by atoms with Gasteiger partial charge in [-0.3, -0.25) is 0 Å². The van der Waals surface area contributed by atoms with E-state index in [1.165, 1.54) is 0 Å². The van der Waals surface area contributed by atoms with E-state index < -0.39 is 0 Å². The summed E-state index contributed by atoms with van der Waals surface area (Å²) in [5.41, 5.74) is 1.03. The van der Waals surface area contributed by atoms with Gasteiger partial charge in [-0.05, 0) is 12.1 Å². The normalized spacial score (nSPS) is 11.5. The van der Waals surface area contributed by atoms with Gasteiger partial charge in [-0.2, -0.15) is 11.8 Å². The van der Waals surface area contributed by atoms with Crippen LogP contribution in [0.1, 0.15) is 20.8 Å². The third-order valence-corrected chi connectivity index (χ3v) is 3.17. The summed E-state index contributed by atoms with van der Waals surface area (Å²) < 4.78 is 0.331. The van der Waals surface area contributed by atoms with E-state index in [4.69, 9.17) is 11.6 Å². The van der Waals surface area contributed by atoms with E-state index in [1.807, 2.05) is 23.9 Å². The van der Waals surface area contributed by atoms with Crippen molar-refractivity contribution >= 4 is 29.1 Å². The van der Waals surface area contributed by atoms with Crippen LogP contribution in [0.3, 0.4) is 0 Å². The van der Waals surface area contributed by atoms with E-state index >= 15 is 0 Å². The fraction of sp³-hybridized carbons (Fsp3) is 0.545. The highest BCUT2D eigenvalue weighted by molar-refractivity contribution is 8.00. The first kappa shape index (κ1) is 12.7. The van der Waals surface area contributed by atoms with Gasteiger partial charge in [-0.1, -0.05) is 32.4 Å². The van der Waals surface area contributed by atoms with Crippen LogP contribution in [-0.4, -0.2) is 22.0 Å². The monoisotopic (exact) mass is 244 g/mol. The molecule has 1 aromatic heterocycles. The van der Waals surface area contributed by atoms with E-state index in [0.717, 1.165) is 18.0 Å². The molecule has 1 aromatic rings. The van der Waals surface area contributed by atoms with Gasteiger partial charge in [-0.25, -0.2) is 4.98 Å². The summed E-state index contributed by atoms with van der Waals surface area (Å²) in [5.74, 6) is 1.09. The summed E-state index contributed by atoms with van der Waals surface area (Å²) in [5, 5.41) is 3.84. The van der Waals surface area contributed by atoms with Crippen LogP contribution >= 0.6 is 23.4 Å². The van der Waals surface area contributed by atoms with Crippen molar-refractivity contribution < 1.29 is 0 Å². The molecule has 0 aliphatic rings. The number of hydrogen-bond acceptors (Lipinski definition) is 3. The van der Waals surface area contributed by atoms with Crippen LogP contribution in [0.15, 0.2) is 18.3 Å². The highest BCUT2D eigenvalue weighted by Crippen LogP contribution is 2.22. The molecule has 1 rings (SSSR count). The molecular weight excluding hydrogens is 228 g/mol. The molecular formula is C11H17ClN2S. The van der Waals surface area contributed by atoms with Crippen LogP contribution in [0, 0.1) is 0 Å². The number of nitrogens with zero attached hydrogens (tertiary/aromatic N) is 1. The maximum atomic E-state index is 5.77. The Morgan fingerprint density at radius 2 is 2.20 bits per heavy atom. The fourth-order valence-corrected chi connectivity index (χ4v) is 2.06. The molecule has 0 fully saturated rings. The smallest absolute Gasteiger partial charge is 0.131 e. The second-order valence-corrected chi connectivity index (χ2v) is 6.56. The molecule has 2 nitrogen and oxygen atoms in total. The van der Waals surface area contributed by atoms with Gasteiger partial charge in [0.15, 0.2) is 0 Å². The molecule has 0 amide bonds. The molecule has 4 heteroatoms. The quantitative estimate of drug-likeness (QED) is 0.646. The van der Waals surface area contributed by atoms with Crippen LogP contribution in [0.25, 0.3) is 0 Å². The zero-order valence-electron chi connectivity index (χ0n) is 9.38. The van der Waals surface area contributed by atoms with Gasteiger partial charge in [0.2, 0.25) is 0 Å². The lowest BCUT2D eigenvalue weighted by Crippen LogP contribution is -2.12. The summed E-state index contributed by atoms with van der Waals surface area (Å²) >= 11 is 7.72. The molecule has 0 spiro atoms. The Morgan fingerprint density at radius 3 is 2.80 bits per heavy atom. The van der Waals surface area contributed by atoms with Gasteiger partial charge in [0, 0.05) is 28.9 Å². The first-order chi connectivity index (χ1) is 6.97. The van der Waals surface area contributed by atoms with Gasteiger partial charge >= 0.3 is 0 Å². The first-order valence-corrected chi connectivity index (χ1v) is 6.33. The molecule has 0 radical (unpaired) electrons. The molecule has 15 heavy (non-hydrogen) atoms. The predicted octanol–water partition coefficient (Wildman–Crippen LogP) is 3.68. The Bertz CT molecular complexity index is 310. The topological polar surface area (TPSA) is 24.9 Å². The van der Waals surface area contributed by atoms with Crippen molar-refractivity contribution in [1.29, 1.82) is 0 Å². The molecule has 0 atom stereocenters. The molecule has 0 saturated carbocycles. The molecule has 0 aromatic carbocycles. The van der Waals surface area contributed by atoms with Gasteiger partial charge in [0.25, 0.3) is 0 Å². The summed E-state index contributed by atoms with van der Waals surface area (Å²) in [4.78, 5) is 3.93. The number of halogens is 1. The lowest BCUT2D eigenvalue weighted by molar-refractivity contribution is 0.802. The standard InChI is InChI=1S/C11H17ClN2S/c1-11(2,3)15-7-6-13-9-4-5-14-10(12)8-9/h4-5,8H,6-7H2,1-3H3,(H,13,14). The summed E-state index contributed by atoms with van der Waals surface area (Å²) in [6.07, 6.45) is 1.71. The zero-order valence-corrected chi connectivity index (χ0v) is 11.0. The maximum absolute atomic E-state index is 5.77. The first-order valence-electron chi connectivity index (χ1n) is 4.97. The minimum absolute atomic E-state index is 0.331. The van der Waals surface area contributed by atoms with Crippen molar-refractivity contribution in [2.75, 3.05) is 17.6 Å². The Balaban J connectivity index is 2.26. The lowest BCUT2D eigenvalue weighted by Gasteiger charge is -2.17. The van der Waals surface area contributed by atoms with E-state index in [2.05, 4.69) is 31.1 Å². The number of nitrogens with one attached hydrogen (secondary N) is 1. The number of thioether (sulfide) groups is 1. The van der Waals surface area contributed by atoms with Gasteiger partial charge in [0.1, 0.15) is 5.15 Å². The molecule has 0 bridgehead atoms. The SMILES string of the molecule is CC(C)(C)SCCNc1ccnc(Cl)c1. The number of anilines is 1. The van der Waals surface area contributed by atoms with Gasteiger partial charge in [0.05, 0.1) is 0 Å². The molecule has 0 unspecified atom stereocenters. The third-order valence-electron chi connectivity index (χ3n) is 1.69. The van der Waals surface area contributed by atoms with Crippen molar-refractivity contribution in [3.8, 4) is 0 Å². The number of hydrogen-bond donors (Lipinski definition) is 1. The summed E-state index contributed by atoms with van der Waals surface area (Å²) in [6, 6.07) is 3.76. The average Bonchev–Trinajstić information content (AvgIpc) is 2.11. The van der Waals surface area contributed by atoms with Crippen LogP contribution < -0.4 is 5.32 Å². The Morgan fingerprint density at radius 1 is 1.47 bits per heavy atom. The van der Waals surface area contributed by atoms with E-state index in [1.54, 1.807) is 6.20 Å². The van der Waals surface area contributed by atoms with E-state index in [9.17, 15) is 0 Å². The summed E-state index contributed by atoms with van der Waals surface area (Å²) in [6.45, 7) is 7.62. The van der Waals surface area contributed by atoms with Crippen molar-refractivity contribution in [3.63, 3.8) is 0 Å². The Labute approximate surface area is 101 Å². The van der Waals surface area contributed by atoms with Crippen molar-refractivity contribution in [2.24, 2.45) is 0 Å². The molecule has 1 N–H and O–H groups in total. The predicted molar refractivity (Wildman–Crippen MR) is 69.9 cm³/mol. The van der Waals surface area contributed by atoms with Gasteiger partial charge < -0.3 is 5.32 Å². The van der Waals surface area contributed by atoms with Crippen LogP contribution in [0.2, 0.25) is 5.15 Å². The largest absolute Gasteiger partial charge is 0.384 e. The van der Waals surface area contributed by atoms with Crippen LogP contribution in [0.4, 0.5) is 5.69 Å². The van der Waals surface area contributed by atoms with Crippen LogP contribution in [-0.2, 0) is 0 Å². The lowest BCUT2D eigenvalue weighted by atomic mass is 10.3. The molecule has 84 valence electrons. The Hall–Kier alpha value is -0.410. The van der Waals surface area contributed by atoms with E-state index in [0.29, 0.717) is 9.90 Å². The van der Waals surface area contributed by atoms with Crippen molar-refractivity contribution in [3.05, 3.63) is 23.5 Å². The number of aromatic nitrogens is 1. The zero-order chi connectivity index (χ0) is 11.3. The Kier molecular flexibility index (Phi) is 4.74. The number of pyridine rings is 1. The molecule has 0 aliphatic carbocycles. The second-order valence-electron chi connectivity index (χ2n) is 4.25. The van der Waals surface area contributed by atoms with Crippen LogP contribution in [0.5, 0.6) is 0 Å². The average molecular weight is 245 g/mol. The molecule has 0 saturated heterocycles. The minimum atomic E-state index is 0.331. The maximum Gasteiger partial charge on any atom is 0.131 e. The molecule has 0 aliphatic heterocycles. The molecule has 1 heterocycles. The fourth-order valence-electron chi connectivity index (χ4n) is 1.07. The second kappa shape index (κ2) is 5.61. The van der Waals surface area contributed by atoms with E-state index in [-0.39, 0.29) is 0 Å².